The summed E-state index contributed by atoms with van der Waals surface area (Å²) >= 11 is 0. The van der Waals surface area contributed by atoms with E-state index in [1.54, 1.807) is 12.1 Å². The number of sulfonamides is 1. The minimum absolute atomic E-state index is 0.0199. The van der Waals surface area contributed by atoms with Gasteiger partial charge >= 0.3 is 0 Å². The highest BCUT2D eigenvalue weighted by molar-refractivity contribution is 7.89. The fourth-order valence-corrected chi connectivity index (χ4v) is 3.40. The molecule has 0 unspecified atom stereocenters. The number of hydrogen-bond acceptors (Lipinski definition) is 3. The van der Waals surface area contributed by atoms with E-state index in [9.17, 15) is 8.42 Å². The number of rotatable bonds is 3. The van der Waals surface area contributed by atoms with Crippen molar-refractivity contribution in [1.82, 2.24) is 4.72 Å². The first-order chi connectivity index (χ1) is 8.70. The third kappa shape index (κ3) is 3.16. The molecule has 5 heteroatoms. The maximum atomic E-state index is 12.2. The van der Waals surface area contributed by atoms with E-state index in [2.05, 4.69) is 25.5 Å². The maximum Gasteiger partial charge on any atom is 0.240 e. The molecule has 0 aromatic heterocycles. The Kier molecular flexibility index (Phi) is 3.73. The van der Waals surface area contributed by atoms with E-state index < -0.39 is 10.0 Å². The molecule has 1 saturated carbocycles. The molecule has 0 saturated heterocycles. The van der Waals surface area contributed by atoms with Gasteiger partial charge in [-0.3, -0.25) is 0 Å². The highest BCUT2D eigenvalue weighted by Crippen LogP contribution is 2.24. The number of hydrogen-bond donors (Lipinski definition) is 2. The molecule has 1 fully saturated rings. The Labute approximate surface area is 115 Å². The molecule has 2 rings (SSSR count). The zero-order valence-electron chi connectivity index (χ0n) is 11.7. The second kappa shape index (κ2) is 4.89. The SMILES string of the molecule is CC(C)(C)c1ccc(S(=O)(=O)N[C@H]2CC[C@H]2N)cc1. The molecule has 1 aliphatic rings. The minimum Gasteiger partial charge on any atom is -0.326 e. The van der Waals surface area contributed by atoms with Gasteiger partial charge in [0.2, 0.25) is 10.0 Å². The summed E-state index contributed by atoms with van der Waals surface area (Å²) < 4.78 is 27.0. The zero-order valence-corrected chi connectivity index (χ0v) is 12.5. The third-order valence-corrected chi connectivity index (χ3v) is 5.17. The highest BCUT2D eigenvalue weighted by Gasteiger charge is 2.31. The van der Waals surface area contributed by atoms with Gasteiger partial charge in [0, 0.05) is 12.1 Å². The van der Waals surface area contributed by atoms with E-state index in [1.807, 2.05) is 12.1 Å². The smallest absolute Gasteiger partial charge is 0.240 e. The Morgan fingerprint density at radius 3 is 2.11 bits per heavy atom. The van der Waals surface area contributed by atoms with Crippen LogP contribution in [0.25, 0.3) is 0 Å². The number of nitrogens with two attached hydrogens (primary N) is 1. The predicted molar refractivity (Wildman–Crippen MR) is 76.5 cm³/mol. The molecule has 0 bridgehead atoms. The molecule has 19 heavy (non-hydrogen) atoms. The quantitative estimate of drug-likeness (QED) is 0.887. The highest BCUT2D eigenvalue weighted by atomic mass is 32.2. The average Bonchev–Trinajstić information content (AvgIpc) is 2.33. The van der Waals surface area contributed by atoms with Crippen LogP contribution in [0, 0.1) is 0 Å². The molecule has 0 radical (unpaired) electrons. The lowest BCUT2D eigenvalue weighted by molar-refractivity contribution is 0.321. The van der Waals surface area contributed by atoms with Crippen molar-refractivity contribution in [3.05, 3.63) is 29.8 Å². The molecular weight excluding hydrogens is 260 g/mol. The van der Waals surface area contributed by atoms with Crippen LogP contribution in [0.4, 0.5) is 0 Å². The molecule has 1 aromatic carbocycles. The van der Waals surface area contributed by atoms with Crippen molar-refractivity contribution in [2.45, 2.75) is 56.0 Å². The lowest BCUT2D eigenvalue weighted by Crippen LogP contribution is -2.54. The summed E-state index contributed by atoms with van der Waals surface area (Å²) in [6.45, 7) is 6.30. The van der Waals surface area contributed by atoms with Crippen LogP contribution in [0.1, 0.15) is 39.2 Å². The average molecular weight is 282 g/mol. The topological polar surface area (TPSA) is 72.2 Å². The first kappa shape index (κ1) is 14.5. The Balaban J connectivity index is 2.17. The van der Waals surface area contributed by atoms with Crippen LogP contribution in [0.15, 0.2) is 29.2 Å². The molecule has 0 spiro atoms. The second-order valence-electron chi connectivity index (χ2n) is 6.24. The molecule has 2 atom stereocenters. The van der Waals surface area contributed by atoms with Crippen LogP contribution >= 0.6 is 0 Å². The standard InChI is InChI=1S/C14H22N2O2S/c1-14(2,3)10-4-6-11(7-5-10)19(17,18)16-13-9-8-12(13)15/h4-7,12-13,16H,8-9,15H2,1-3H3/t12-,13+/m1/s1. The van der Waals surface area contributed by atoms with Gasteiger partial charge in [0.15, 0.2) is 0 Å². The Bertz CT molecular complexity index is 544. The molecular formula is C14H22N2O2S. The zero-order chi connectivity index (χ0) is 14.3. The van der Waals surface area contributed by atoms with E-state index in [1.165, 1.54) is 0 Å². The second-order valence-corrected chi connectivity index (χ2v) is 7.96. The summed E-state index contributed by atoms with van der Waals surface area (Å²) in [5, 5.41) is 0. The van der Waals surface area contributed by atoms with Crippen molar-refractivity contribution >= 4 is 10.0 Å². The molecule has 3 N–H and O–H groups in total. The molecule has 0 aliphatic heterocycles. The van der Waals surface area contributed by atoms with E-state index in [0.29, 0.717) is 4.90 Å². The van der Waals surface area contributed by atoms with Gasteiger partial charge in [-0.1, -0.05) is 32.9 Å². The first-order valence-electron chi connectivity index (χ1n) is 6.58. The van der Waals surface area contributed by atoms with Crippen LogP contribution in [-0.4, -0.2) is 20.5 Å². The van der Waals surface area contributed by atoms with Gasteiger partial charge in [0.05, 0.1) is 4.90 Å². The van der Waals surface area contributed by atoms with Gasteiger partial charge in [-0.25, -0.2) is 13.1 Å². The fourth-order valence-electron chi connectivity index (χ4n) is 2.07. The van der Waals surface area contributed by atoms with Crippen molar-refractivity contribution in [2.75, 3.05) is 0 Å². The van der Waals surface area contributed by atoms with Gasteiger partial charge < -0.3 is 5.73 Å². The molecule has 106 valence electrons. The summed E-state index contributed by atoms with van der Waals surface area (Å²) in [6, 6.07) is 6.89. The third-order valence-electron chi connectivity index (χ3n) is 3.66. The monoisotopic (exact) mass is 282 g/mol. The Hall–Kier alpha value is -0.910. The van der Waals surface area contributed by atoms with E-state index in [-0.39, 0.29) is 17.5 Å². The van der Waals surface area contributed by atoms with Crippen molar-refractivity contribution in [1.29, 1.82) is 0 Å². The lowest BCUT2D eigenvalue weighted by atomic mass is 9.87. The van der Waals surface area contributed by atoms with Crippen LogP contribution in [-0.2, 0) is 15.4 Å². The van der Waals surface area contributed by atoms with E-state index >= 15 is 0 Å². The summed E-state index contributed by atoms with van der Waals surface area (Å²) in [4.78, 5) is 0.305. The molecule has 0 heterocycles. The maximum absolute atomic E-state index is 12.2. The van der Waals surface area contributed by atoms with Gasteiger partial charge in [-0.05, 0) is 36.0 Å². The fraction of sp³-hybridized carbons (Fsp3) is 0.571. The first-order valence-corrected chi connectivity index (χ1v) is 8.07. The minimum atomic E-state index is -3.45. The van der Waals surface area contributed by atoms with Crippen molar-refractivity contribution in [3.8, 4) is 0 Å². The molecule has 1 aliphatic carbocycles. The van der Waals surface area contributed by atoms with Crippen molar-refractivity contribution in [3.63, 3.8) is 0 Å². The van der Waals surface area contributed by atoms with Crippen LogP contribution in [0.5, 0.6) is 0 Å². The predicted octanol–water partition coefficient (Wildman–Crippen LogP) is 1.75. The summed E-state index contributed by atoms with van der Waals surface area (Å²) in [5.74, 6) is 0. The summed E-state index contributed by atoms with van der Waals surface area (Å²) in [7, 11) is -3.45. The van der Waals surface area contributed by atoms with Gasteiger partial charge in [0.1, 0.15) is 0 Å². The molecule has 4 nitrogen and oxygen atoms in total. The van der Waals surface area contributed by atoms with Crippen LogP contribution in [0.2, 0.25) is 0 Å². The normalized spacial score (nSPS) is 24.0. The largest absolute Gasteiger partial charge is 0.326 e. The van der Waals surface area contributed by atoms with Gasteiger partial charge in [-0.15, -0.1) is 0 Å². The lowest BCUT2D eigenvalue weighted by Gasteiger charge is -2.33. The van der Waals surface area contributed by atoms with Crippen molar-refractivity contribution < 1.29 is 8.42 Å². The molecule has 1 aromatic rings. The van der Waals surface area contributed by atoms with Gasteiger partial charge in [-0.2, -0.15) is 0 Å². The summed E-state index contributed by atoms with van der Waals surface area (Å²) in [5.41, 5.74) is 6.90. The number of benzene rings is 1. The van der Waals surface area contributed by atoms with Crippen LogP contribution in [0.3, 0.4) is 0 Å². The molecule has 0 amide bonds. The Morgan fingerprint density at radius 1 is 1.16 bits per heavy atom. The van der Waals surface area contributed by atoms with E-state index in [0.717, 1.165) is 18.4 Å². The summed E-state index contributed by atoms with van der Waals surface area (Å²) in [6.07, 6.45) is 1.70. The van der Waals surface area contributed by atoms with Crippen LogP contribution < -0.4 is 10.5 Å². The van der Waals surface area contributed by atoms with E-state index in [4.69, 9.17) is 5.73 Å². The van der Waals surface area contributed by atoms with Gasteiger partial charge in [0.25, 0.3) is 0 Å². The number of nitrogens with one attached hydrogen (secondary N) is 1. The van der Waals surface area contributed by atoms with Crippen molar-refractivity contribution in [2.24, 2.45) is 5.73 Å². The Morgan fingerprint density at radius 2 is 1.74 bits per heavy atom.